The molecule has 0 bridgehead atoms. The number of aromatic nitrogens is 3. The van der Waals surface area contributed by atoms with Gasteiger partial charge in [0.1, 0.15) is 11.6 Å². The van der Waals surface area contributed by atoms with E-state index in [-0.39, 0.29) is 5.91 Å². The Hall–Kier alpha value is -2.80. The summed E-state index contributed by atoms with van der Waals surface area (Å²) in [6.45, 7) is 1.79. The maximum absolute atomic E-state index is 12.1. The quantitative estimate of drug-likeness (QED) is 0.551. The highest BCUT2D eigenvalue weighted by atomic mass is 32.2. The van der Waals surface area contributed by atoms with Crippen LogP contribution in [0.1, 0.15) is 17.1 Å². The van der Waals surface area contributed by atoms with Crippen molar-refractivity contribution in [3.8, 4) is 0 Å². The Bertz CT molecular complexity index is 826. The van der Waals surface area contributed by atoms with E-state index in [9.17, 15) is 4.79 Å². The average Bonchev–Trinajstić information content (AvgIpc) is 3.23. The molecule has 0 aliphatic heterocycles. The molecule has 7 heteroatoms. The van der Waals surface area contributed by atoms with E-state index in [0.717, 1.165) is 5.75 Å². The second-order valence-corrected chi connectivity index (χ2v) is 5.91. The lowest BCUT2D eigenvalue weighted by atomic mass is 10.2. The Morgan fingerprint density at radius 2 is 2.08 bits per heavy atom. The molecule has 0 radical (unpaired) electrons. The van der Waals surface area contributed by atoms with Gasteiger partial charge in [0.05, 0.1) is 6.26 Å². The Balaban J connectivity index is 1.65. The standard InChI is InChI=1S/C17H16N4O2S/c1-13-18-19-17(24-12-14-6-3-2-4-7-14)21(13)20-16(22)10-9-15-8-5-11-23-15/h2-11H,12H2,1H3,(H,20,22). The van der Waals surface area contributed by atoms with E-state index in [4.69, 9.17) is 4.42 Å². The highest BCUT2D eigenvalue weighted by molar-refractivity contribution is 7.98. The van der Waals surface area contributed by atoms with Crippen molar-refractivity contribution in [3.05, 3.63) is 72.0 Å². The van der Waals surface area contributed by atoms with Crippen molar-refractivity contribution < 1.29 is 9.21 Å². The molecule has 0 aliphatic carbocycles. The highest BCUT2D eigenvalue weighted by Crippen LogP contribution is 2.20. The van der Waals surface area contributed by atoms with Gasteiger partial charge >= 0.3 is 0 Å². The smallest absolute Gasteiger partial charge is 0.263 e. The Morgan fingerprint density at radius 1 is 1.25 bits per heavy atom. The molecule has 0 fully saturated rings. The van der Waals surface area contributed by atoms with Crippen LogP contribution in [0.25, 0.3) is 6.08 Å². The van der Waals surface area contributed by atoms with Gasteiger partial charge in [-0.1, -0.05) is 42.1 Å². The third-order valence-electron chi connectivity index (χ3n) is 3.17. The molecule has 0 unspecified atom stereocenters. The molecular weight excluding hydrogens is 324 g/mol. The van der Waals surface area contributed by atoms with Gasteiger partial charge in [0, 0.05) is 11.8 Å². The number of amides is 1. The number of carbonyl (C=O) groups is 1. The van der Waals surface area contributed by atoms with Crippen LogP contribution in [0.4, 0.5) is 0 Å². The SMILES string of the molecule is Cc1nnc(SCc2ccccc2)n1NC(=O)C=Cc1ccco1. The largest absolute Gasteiger partial charge is 0.465 e. The van der Waals surface area contributed by atoms with E-state index in [1.54, 1.807) is 36.1 Å². The molecular formula is C17H16N4O2S. The van der Waals surface area contributed by atoms with Crippen LogP contribution in [0, 0.1) is 6.92 Å². The molecule has 0 spiro atoms. The molecule has 0 aliphatic rings. The van der Waals surface area contributed by atoms with E-state index in [2.05, 4.69) is 15.6 Å². The number of hydrogen-bond donors (Lipinski definition) is 1. The van der Waals surface area contributed by atoms with Crippen LogP contribution in [-0.2, 0) is 10.5 Å². The lowest BCUT2D eigenvalue weighted by Gasteiger charge is -2.08. The Kier molecular flexibility index (Phi) is 5.12. The number of benzene rings is 1. The minimum atomic E-state index is -0.282. The zero-order valence-corrected chi connectivity index (χ0v) is 13.9. The van der Waals surface area contributed by atoms with Gasteiger partial charge < -0.3 is 4.42 Å². The maximum Gasteiger partial charge on any atom is 0.263 e. The second kappa shape index (κ2) is 7.65. The van der Waals surface area contributed by atoms with Crippen molar-refractivity contribution in [2.75, 3.05) is 5.43 Å². The first-order valence-corrected chi connectivity index (χ1v) is 8.32. The molecule has 1 amide bonds. The third kappa shape index (κ3) is 4.14. The Morgan fingerprint density at radius 3 is 2.83 bits per heavy atom. The molecule has 122 valence electrons. The summed E-state index contributed by atoms with van der Waals surface area (Å²) in [5.74, 6) is 1.70. The van der Waals surface area contributed by atoms with Crippen LogP contribution in [-0.4, -0.2) is 20.8 Å². The number of hydrogen-bond acceptors (Lipinski definition) is 5. The van der Waals surface area contributed by atoms with Crippen molar-refractivity contribution in [1.29, 1.82) is 0 Å². The molecule has 1 N–H and O–H groups in total. The van der Waals surface area contributed by atoms with Gasteiger partial charge in [-0.15, -0.1) is 10.2 Å². The summed E-state index contributed by atoms with van der Waals surface area (Å²) in [7, 11) is 0. The number of aryl methyl sites for hydroxylation is 1. The maximum atomic E-state index is 12.1. The van der Waals surface area contributed by atoms with Gasteiger partial charge in [0.15, 0.2) is 0 Å². The van der Waals surface area contributed by atoms with Gasteiger partial charge in [-0.2, -0.15) is 0 Å². The lowest BCUT2D eigenvalue weighted by Crippen LogP contribution is -2.22. The van der Waals surface area contributed by atoms with Crippen LogP contribution in [0.3, 0.4) is 0 Å². The van der Waals surface area contributed by atoms with Gasteiger partial charge in [-0.25, -0.2) is 4.68 Å². The van der Waals surface area contributed by atoms with Gasteiger partial charge in [0.2, 0.25) is 5.16 Å². The number of thioether (sulfide) groups is 1. The van der Waals surface area contributed by atoms with Crippen molar-refractivity contribution in [2.24, 2.45) is 0 Å². The number of furan rings is 1. The molecule has 2 aromatic heterocycles. The first-order chi connectivity index (χ1) is 11.7. The molecule has 3 aromatic rings. The summed E-state index contributed by atoms with van der Waals surface area (Å²) in [6.07, 6.45) is 4.57. The average molecular weight is 340 g/mol. The first-order valence-electron chi connectivity index (χ1n) is 7.34. The highest BCUT2D eigenvalue weighted by Gasteiger charge is 2.11. The summed E-state index contributed by atoms with van der Waals surface area (Å²) in [5, 5.41) is 8.77. The van der Waals surface area contributed by atoms with E-state index < -0.39 is 0 Å². The minimum Gasteiger partial charge on any atom is -0.465 e. The number of nitrogens with one attached hydrogen (secondary N) is 1. The molecule has 6 nitrogen and oxygen atoms in total. The van der Waals surface area contributed by atoms with Crippen LogP contribution < -0.4 is 5.43 Å². The van der Waals surface area contributed by atoms with Crippen LogP contribution in [0.15, 0.2) is 64.4 Å². The first kappa shape index (κ1) is 16.1. The van der Waals surface area contributed by atoms with Crippen LogP contribution >= 0.6 is 11.8 Å². The third-order valence-corrected chi connectivity index (χ3v) is 4.17. The number of rotatable bonds is 6. The lowest BCUT2D eigenvalue weighted by molar-refractivity contribution is -0.112. The topological polar surface area (TPSA) is 73.0 Å². The fourth-order valence-electron chi connectivity index (χ4n) is 1.98. The normalized spacial score (nSPS) is 11.0. The summed E-state index contributed by atoms with van der Waals surface area (Å²) >= 11 is 1.51. The second-order valence-electron chi connectivity index (χ2n) is 4.96. The summed E-state index contributed by atoms with van der Waals surface area (Å²) in [4.78, 5) is 12.1. The van der Waals surface area contributed by atoms with Crippen molar-refractivity contribution in [3.63, 3.8) is 0 Å². The minimum absolute atomic E-state index is 0.282. The van der Waals surface area contributed by atoms with E-state index in [0.29, 0.717) is 16.7 Å². The zero-order valence-electron chi connectivity index (χ0n) is 13.0. The van der Waals surface area contributed by atoms with E-state index in [1.807, 2.05) is 30.3 Å². The Labute approximate surface area is 143 Å². The molecule has 24 heavy (non-hydrogen) atoms. The molecule has 0 saturated carbocycles. The fourth-order valence-corrected chi connectivity index (χ4v) is 2.87. The fraction of sp³-hybridized carbons (Fsp3) is 0.118. The summed E-state index contributed by atoms with van der Waals surface area (Å²) in [6, 6.07) is 13.6. The van der Waals surface area contributed by atoms with Crippen LogP contribution in [0.2, 0.25) is 0 Å². The number of nitrogens with zero attached hydrogens (tertiary/aromatic N) is 3. The van der Waals surface area contributed by atoms with Crippen LogP contribution in [0.5, 0.6) is 0 Å². The summed E-state index contributed by atoms with van der Waals surface area (Å²) < 4.78 is 6.74. The van der Waals surface area contributed by atoms with Crippen molar-refractivity contribution in [2.45, 2.75) is 17.8 Å². The zero-order chi connectivity index (χ0) is 16.8. The monoisotopic (exact) mass is 340 g/mol. The molecule has 0 saturated heterocycles. The van der Waals surface area contributed by atoms with Gasteiger partial charge in [0.25, 0.3) is 5.91 Å². The van der Waals surface area contributed by atoms with Crippen molar-refractivity contribution in [1.82, 2.24) is 14.9 Å². The predicted octanol–water partition coefficient (Wildman–Crippen LogP) is 3.26. The van der Waals surface area contributed by atoms with Gasteiger partial charge in [-0.05, 0) is 30.7 Å². The summed E-state index contributed by atoms with van der Waals surface area (Å²) in [5.41, 5.74) is 3.94. The molecule has 1 aromatic carbocycles. The van der Waals surface area contributed by atoms with Crippen molar-refractivity contribution >= 4 is 23.7 Å². The van der Waals surface area contributed by atoms with E-state index >= 15 is 0 Å². The number of carbonyl (C=O) groups excluding carboxylic acids is 1. The van der Waals surface area contributed by atoms with E-state index in [1.165, 1.54) is 23.4 Å². The molecule has 3 rings (SSSR count). The molecule has 2 heterocycles. The van der Waals surface area contributed by atoms with Gasteiger partial charge in [-0.3, -0.25) is 10.2 Å². The molecule has 0 atom stereocenters. The predicted molar refractivity (Wildman–Crippen MR) is 92.9 cm³/mol.